The van der Waals surface area contributed by atoms with Crippen LogP contribution in [0.2, 0.25) is 0 Å². The third-order valence-corrected chi connectivity index (χ3v) is 2.22. The molecule has 2 nitrogen and oxygen atoms in total. The summed E-state index contributed by atoms with van der Waals surface area (Å²) in [6.45, 7) is 4.46. The molecular formula is C9H20FNO. The SMILES string of the molecule is COCC(F)(CCCN)C(C)C. The Kier molecular flexibility index (Phi) is 5.42. The van der Waals surface area contributed by atoms with E-state index < -0.39 is 5.67 Å². The van der Waals surface area contributed by atoms with E-state index in [1.54, 1.807) is 0 Å². The Hall–Kier alpha value is -0.150. The van der Waals surface area contributed by atoms with Crippen LogP contribution in [0.15, 0.2) is 0 Å². The lowest BCUT2D eigenvalue weighted by Crippen LogP contribution is -2.35. The summed E-state index contributed by atoms with van der Waals surface area (Å²) in [7, 11) is 1.53. The Morgan fingerprint density at radius 1 is 1.50 bits per heavy atom. The van der Waals surface area contributed by atoms with Gasteiger partial charge in [-0.1, -0.05) is 13.8 Å². The maximum absolute atomic E-state index is 13.9. The summed E-state index contributed by atoms with van der Waals surface area (Å²) in [4.78, 5) is 0. The number of alkyl halides is 1. The van der Waals surface area contributed by atoms with Gasteiger partial charge in [0.1, 0.15) is 5.67 Å². The lowest BCUT2D eigenvalue weighted by molar-refractivity contribution is -0.00125. The molecule has 0 aliphatic rings. The second kappa shape index (κ2) is 5.49. The third kappa shape index (κ3) is 3.50. The van der Waals surface area contributed by atoms with Crippen molar-refractivity contribution in [3.63, 3.8) is 0 Å². The van der Waals surface area contributed by atoms with Crippen molar-refractivity contribution in [2.24, 2.45) is 11.7 Å². The first-order valence-electron chi connectivity index (χ1n) is 4.44. The van der Waals surface area contributed by atoms with Crippen LogP contribution in [-0.4, -0.2) is 25.9 Å². The number of ether oxygens (including phenoxy) is 1. The maximum Gasteiger partial charge on any atom is 0.136 e. The molecule has 0 radical (unpaired) electrons. The molecule has 0 heterocycles. The highest BCUT2D eigenvalue weighted by atomic mass is 19.1. The molecule has 0 aromatic heterocycles. The van der Waals surface area contributed by atoms with E-state index in [0.717, 1.165) is 6.42 Å². The molecule has 2 N–H and O–H groups in total. The molecule has 12 heavy (non-hydrogen) atoms. The highest BCUT2D eigenvalue weighted by Gasteiger charge is 2.32. The molecule has 0 bridgehead atoms. The monoisotopic (exact) mass is 177 g/mol. The van der Waals surface area contributed by atoms with E-state index in [-0.39, 0.29) is 12.5 Å². The molecule has 0 amide bonds. The normalized spacial score (nSPS) is 16.5. The quantitative estimate of drug-likeness (QED) is 0.670. The second-order valence-electron chi connectivity index (χ2n) is 3.51. The molecule has 0 fully saturated rings. The van der Waals surface area contributed by atoms with Crippen LogP contribution >= 0.6 is 0 Å². The summed E-state index contributed by atoms with van der Waals surface area (Å²) in [6, 6.07) is 0. The fourth-order valence-corrected chi connectivity index (χ4v) is 1.16. The van der Waals surface area contributed by atoms with E-state index in [2.05, 4.69) is 0 Å². The van der Waals surface area contributed by atoms with E-state index in [0.29, 0.717) is 13.0 Å². The molecule has 0 aromatic rings. The summed E-state index contributed by atoms with van der Waals surface area (Å²) >= 11 is 0. The molecule has 3 heteroatoms. The minimum atomic E-state index is -1.20. The van der Waals surface area contributed by atoms with Crippen molar-refractivity contribution in [1.29, 1.82) is 0 Å². The minimum absolute atomic E-state index is 0.0102. The fourth-order valence-electron chi connectivity index (χ4n) is 1.16. The first-order chi connectivity index (χ1) is 5.56. The first-order valence-corrected chi connectivity index (χ1v) is 4.44. The van der Waals surface area contributed by atoms with Crippen molar-refractivity contribution >= 4 is 0 Å². The zero-order valence-electron chi connectivity index (χ0n) is 8.27. The molecule has 0 aliphatic heterocycles. The average molecular weight is 177 g/mol. The third-order valence-electron chi connectivity index (χ3n) is 2.22. The van der Waals surface area contributed by atoms with Gasteiger partial charge in [-0.25, -0.2) is 4.39 Å². The summed E-state index contributed by atoms with van der Waals surface area (Å²) in [5.74, 6) is -0.0102. The Bertz CT molecular complexity index is 119. The minimum Gasteiger partial charge on any atom is -0.381 e. The van der Waals surface area contributed by atoms with Crippen LogP contribution in [0.4, 0.5) is 4.39 Å². The molecule has 1 atom stereocenters. The van der Waals surface area contributed by atoms with Gasteiger partial charge in [-0.2, -0.15) is 0 Å². The Balaban J connectivity index is 3.99. The number of nitrogens with two attached hydrogens (primary N) is 1. The molecule has 0 saturated heterocycles. The van der Waals surface area contributed by atoms with Crippen LogP contribution in [0.25, 0.3) is 0 Å². The van der Waals surface area contributed by atoms with Gasteiger partial charge in [-0.15, -0.1) is 0 Å². The average Bonchev–Trinajstić information content (AvgIpc) is 2.01. The summed E-state index contributed by atoms with van der Waals surface area (Å²) in [5, 5.41) is 0. The van der Waals surface area contributed by atoms with Crippen LogP contribution in [-0.2, 0) is 4.74 Å². The Morgan fingerprint density at radius 2 is 2.08 bits per heavy atom. The number of rotatable bonds is 6. The van der Waals surface area contributed by atoms with Crippen LogP contribution < -0.4 is 5.73 Å². The van der Waals surface area contributed by atoms with Crippen molar-refractivity contribution in [2.45, 2.75) is 32.4 Å². The number of methoxy groups -OCH3 is 1. The van der Waals surface area contributed by atoms with Crippen molar-refractivity contribution in [1.82, 2.24) is 0 Å². The van der Waals surface area contributed by atoms with Gasteiger partial charge in [0.15, 0.2) is 0 Å². The van der Waals surface area contributed by atoms with Gasteiger partial charge in [0.25, 0.3) is 0 Å². The van der Waals surface area contributed by atoms with Crippen molar-refractivity contribution in [3.8, 4) is 0 Å². The number of hydrogen-bond acceptors (Lipinski definition) is 2. The fraction of sp³-hybridized carbons (Fsp3) is 1.00. The van der Waals surface area contributed by atoms with Gasteiger partial charge >= 0.3 is 0 Å². The molecule has 0 aromatic carbocycles. The molecule has 0 aliphatic carbocycles. The van der Waals surface area contributed by atoms with Crippen LogP contribution in [0.5, 0.6) is 0 Å². The summed E-state index contributed by atoms with van der Waals surface area (Å²) < 4.78 is 18.8. The molecule has 74 valence electrons. The van der Waals surface area contributed by atoms with Crippen LogP contribution in [0, 0.1) is 5.92 Å². The highest BCUT2D eigenvalue weighted by Crippen LogP contribution is 2.27. The molecule has 0 saturated carbocycles. The van der Waals surface area contributed by atoms with Crippen LogP contribution in [0.3, 0.4) is 0 Å². The molecule has 0 spiro atoms. The molecule has 0 rings (SSSR count). The van der Waals surface area contributed by atoms with Crippen LogP contribution in [0.1, 0.15) is 26.7 Å². The van der Waals surface area contributed by atoms with E-state index >= 15 is 0 Å². The lowest BCUT2D eigenvalue weighted by Gasteiger charge is -2.28. The predicted octanol–water partition coefficient (Wildman–Crippen LogP) is 1.74. The van der Waals surface area contributed by atoms with E-state index in [4.69, 9.17) is 10.5 Å². The van der Waals surface area contributed by atoms with E-state index in [9.17, 15) is 4.39 Å². The second-order valence-corrected chi connectivity index (χ2v) is 3.51. The number of hydrogen-bond donors (Lipinski definition) is 1. The first kappa shape index (κ1) is 11.8. The van der Waals surface area contributed by atoms with Gasteiger partial charge in [0.05, 0.1) is 6.61 Å². The zero-order chi connectivity index (χ0) is 9.61. The van der Waals surface area contributed by atoms with Gasteiger partial charge in [0.2, 0.25) is 0 Å². The maximum atomic E-state index is 13.9. The van der Waals surface area contributed by atoms with Crippen molar-refractivity contribution in [3.05, 3.63) is 0 Å². The van der Waals surface area contributed by atoms with E-state index in [1.807, 2.05) is 13.8 Å². The lowest BCUT2D eigenvalue weighted by atomic mass is 9.88. The Morgan fingerprint density at radius 3 is 2.42 bits per heavy atom. The highest BCUT2D eigenvalue weighted by molar-refractivity contribution is 4.82. The zero-order valence-corrected chi connectivity index (χ0v) is 8.27. The Labute approximate surface area is 74.3 Å². The van der Waals surface area contributed by atoms with E-state index in [1.165, 1.54) is 7.11 Å². The topological polar surface area (TPSA) is 35.2 Å². The van der Waals surface area contributed by atoms with Crippen molar-refractivity contribution < 1.29 is 9.13 Å². The largest absolute Gasteiger partial charge is 0.381 e. The van der Waals surface area contributed by atoms with Crippen molar-refractivity contribution in [2.75, 3.05) is 20.3 Å². The smallest absolute Gasteiger partial charge is 0.136 e. The summed E-state index contributed by atoms with van der Waals surface area (Å²) in [5.41, 5.74) is 4.12. The molecular weight excluding hydrogens is 157 g/mol. The van der Waals surface area contributed by atoms with Gasteiger partial charge < -0.3 is 10.5 Å². The van der Waals surface area contributed by atoms with Gasteiger partial charge in [-0.3, -0.25) is 0 Å². The standard InChI is InChI=1S/C9H20FNO/c1-8(2)9(10,7-12-3)5-4-6-11/h8H,4-7,11H2,1-3H3. The summed E-state index contributed by atoms with van der Waals surface area (Å²) in [6.07, 6.45) is 1.22. The van der Waals surface area contributed by atoms with Gasteiger partial charge in [0, 0.05) is 7.11 Å². The number of halogens is 1. The predicted molar refractivity (Wildman–Crippen MR) is 48.8 cm³/mol. The van der Waals surface area contributed by atoms with Gasteiger partial charge in [-0.05, 0) is 25.3 Å². The molecule has 1 unspecified atom stereocenters.